The van der Waals surface area contributed by atoms with E-state index in [1.54, 1.807) is 6.20 Å². The van der Waals surface area contributed by atoms with Crippen molar-refractivity contribution in [1.82, 2.24) is 4.98 Å². The molecule has 94 valence electrons. The molecule has 1 heterocycles. The normalized spacial score (nSPS) is 10.5. The number of rotatable bonds is 8. The Morgan fingerprint density at radius 1 is 1.18 bits per heavy atom. The van der Waals surface area contributed by atoms with Crippen LogP contribution in [0.2, 0.25) is 0 Å². The molecule has 0 aliphatic rings. The van der Waals surface area contributed by atoms with Gasteiger partial charge in [-0.15, -0.1) is 0 Å². The zero-order chi connectivity index (χ0) is 12.5. The first-order valence-corrected chi connectivity index (χ1v) is 6.70. The van der Waals surface area contributed by atoms with Gasteiger partial charge in [-0.05, 0) is 31.0 Å². The minimum atomic E-state index is 0.184. The second-order valence-corrected chi connectivity index (χ2v) is 4.66. The van der Waals surface area contributed by atoms with Gasteiger partial charge >= 0.3 is 0 Å². The molecule has 0 atom stereocenters. The zero-order valence-electron chi connectivity index (χ0n) is 11.0. The first kappa shape index (κ1) is 13.9. The lowest BCUT2D eigenvalue weighted by Gasteiger charge is -2.02. The lowest BCUT2D eigenvalue weighted by molar-refractivity contribution is 0.0974. The van der Waals surface area contributed by atoms with Crippen LogP contribution in [0.1, 0.15) is 67.9 Å². The Morgan fingerprint density at radius 2 is 1.88 bits per heavy atom. The van der Waals surface area contributed by atoms with Crippen molar-refractivity contribution in [2.75, 3.05) is 0 Å². The molecule has 0 aromatic carbocycles. The minimum absolute atomic E-state index is 0.184. The third-order valence-corrected chi connectivity index (χ3v) is 2.96. The van der Waals surface area contributed by atoms with Gasteiger partial charge in [0.1, 0.15) is 5.69 Å². The fourth-order valence-electron chi connectivity index (χ4n) is 1.88. The average molecular weight is 233 g/mol. The van der Waals surface area contributed by atoms with Crippen molar-refractivity contribution in [3.8, 4) is 0 Å². The van der Waals surface area contributed by atoms with Crippen LogP contribution in [0.15, 0.2) is 18.3 Å². The highest BCUT2D eigenvalue weighted by atomic mass is 16.1. The summed E-state index contributed by atoms with van der Waals surface area (Å²) in [6.45, 7) is 4.20. The quantitative estimate of drug-likeness (QED) is 0.494. The molecule has 0 N–H and O–H groups in total. The smallest absolute Gasteiger partial charge is 0.181 e. The van der Waals surface area contributed by atoms with Crippen molar-refractivity contribution in [2.24, 2.45) is 0 Å². The van der Waals surface area contributed by atoms with E-state index in [4.69, 9.17) is 0 Å². The highest BCUT2D eigenvalue weighted by Gasteiger charge is 2.06. The van der Waals surface area contributed by atoms with Crippen molar-refractivity contribution in [3.63, 3.8) is 0 Å². The number of Topliss-reactive ketones (excluding diaryl/α,β-unsaturated/α-hetero) is 1. The first-order valence-electron chi connectivity index (χ1n) is 6.70. The van der Waals surface area contributed by atoms with Gasteiger partial charge in [-0.1, -0.05) is 39.0 Å². The second kappa shape index (κ2) is 7.99. The standard InChI is InChI=1S/C15H23NO/c1-3-4-5-6-7-8-9-15(17)14-12-13(2)10-11-16-14/h10-12H,3-9H2,1-2H3. The van der Waals surface area contributed by atoms with Crippen molar-refractivity contribution in [2.45, 2.75) is 58.8 Å². The van der Waals surface area contributed by atoms with Gasteiger partial charge < -0.3 is 0 Å². The number of nitrogens with zero attached hydrogens (tertiary/aromatic N) is 1. The molecule has 0 spiro atoms. The topological polar surface area (TPSA) is 30.0 Å². The van der Waals surface area contributed by atoms with Gasteiger partial charge in [0, 0.05) is 12.6 Å². The molecule has 2 heteroatoms. The van der Waals surface area contributed by atoms with Crippen LogP contribution < -0.4 is 0 Å². The number of hydrogen-bond donors (Lipinski definition) is 0. The average Bonchev–Trinajstić information content (AvgIpc) is 2.33. The number of aryl methyl sites for hydroxylation is 1. The summed E-state index contributed by atoms with van der Waals surface area (Å²) in [6, 6.07) is 3.79. The van der Waals surface area contributed by atoms with Crippen LogP contribution in [0.4, 0.5) is 0 Å². The predicted octanol–water partition coefficient (Wildman–Crippen LogP) is 4.32. The van der Waals surface area contributed by atoms with Crippen LogP contribution in [0, 0.1) is 6.92 Å². The molecule has 0 saturated carbocycles. The Hall–Kier alpha value is -1.18. The summed E-state index contributed by atoms with van der Waals surface area (Å²) < 4.78 is 0. The minimum Gasteiger partial charge on any atom is -0.292 e. The molecule has 0 aliphatic carbocycles. The Balaban J connectivity index is 2.21. The molecule has 0 saturated heterocycles. The predicted molar refractivity (Wildman–Crippen MR) is 71.3 cm³/mol. The largest absolute Gasteiger partial charge is 0.292 e. The number of aromatic nitrogens is 1. The molecule has 0 amide bonds. The number of pyridine rings is 1. The van der Waals surface area contributed by atoms with Crippen LogP contribution >= 0.6 is 0 Å². The van der Waals surface area contributed by atoms with Crippen molar-refractivity contribution in [1.29, 1.82) is 0 Å². The van der Waals surface area contributed by atoms with Crippen LogP contribution in [0.3, 0.4) is 0 Å². The Morgan fingerprint density at radius 3 is 2.59 bits per heavy atom. The number of ketones is 1. The van der Waals surface area contributed by atoms with Gasteiger partial charge in [0.25, 0.3) is 0 Å². The molecule has 1 aromatic rings. The molecule has 2 nitrogen and oxygen atoms in total. The lowest BCUT2D eigenvalue weighted by atomic mass is 10.1. The summed E-state index contributed by atoms with van der Waals surface area (Å²) in [6.07, 6.45) is 9.65. The monoisotopic (exact) mass is 233 g/mol. The van der Waals surface area contributed by atoms with Gasteiger partial charge in [0.2, 0.25) is 0 Å². The molecule has 1 aromatic heterocycles. The van der Waals surface area contributed by atoms with E-state index in [0.717, 1.165) is 18.4 Å². The van der Waals surface area contributed by atoms with Gasteiger partial charge in [-0.25, -0.2) is 0 Å². The fourth-order valence-corrected chi connectivity index (χ4v) is 1.88. The fraction of sp³-hybridized carbons (Fsp3) is 0.600. The maximum absolute atomic E-state index is 11.8. The van der Waals surface area contributed by atoms with Crippen molar-refractivity contribution in [3.05, 3.63) is 29.6 Å². The summed E-state index contributed by atoms with van der Waals surface area (Å²) in [5.41, 5.74) is 1.73. The van der Waals surface area contributed by atoms with Gasteiger partial charge in [0.15, 0.2) is 5.78 Å². The van der Waals surface area contributed by atoms with E-state index in [-0.39, 0.29) is 5.78 Å². The maximum Gasteiger partial charge on any atom is 0.181 e. The third kappa shape index (κ3) is 5.62. The molecule has 0 aliphatic heterocycles. The number of carbonyl (C=O) groups excluding carboxylic acids is 1. The number of carbonyl (C=O) groups is 1. The third-order valence-electron chi connectivity index (χ3n) is 2.96. The van der Waals surface area contributed by atoms with Crippen LogP contribution in [-0.2, 0) is 0 Å². The molecular weight excluding hydrogens is 210 g/mol. The Bertz CT molecular complexity index is 347. The van der Waals surface area contributed by atoms with Crippen LogP contribution in [0.5, 0.6) is 0 Å². The Kier molecular flexibility index (Phi) is 6.53. The van der Waals surface area contributed by atoms with Crippen LogP contribution in [0.25, 0.3) is 0 Å². The first-order chi connectivity index (χ1) is 8.24. The number of unbranched alkanes of at least 4 members (excludes halogenated alkanes) is 5. The zero-order valence-corrected chi connectivity index (χ0v) is 11.0. The van der Waals surface area contributed by atoms with E-state index in [2.05, 4.69) is 11.9 Å². The summed E-state index contributed by atoms with van der Waals surface area (Å²) >= 11 is 0. The van der Waals surface area contributed by atoms with Gasteiger partial charge in [-0.3, -0.25) is 9.78 Å². The van der Waals surface area contributed by atoms with Crippen molar-refractivity contribution >= 4 is 5.78 Å². The molecule has 0 radical (unpaired) electrons. The molecule has 0 unspecified atom stereocenters. The summed E-state index contributed by atoms with van der Waals surface area (Å²) in [7, 11) is 0. The SMILES string of the molecule is CCCCCCCCC(=O)c1cc(C)ccn1. The van der Waals surface area contributed by atoms with Gasteiger partial charge in [0.05, 0.1) is 0 Å². The Labute approximate surface area is 104 Å². The lowest BCUT2D eigenvalue weighted by Crippen LogP contribution is -2.02. The number of hydrogen-bond acceptors (Lipinski definition) is 2. The van der Waals surface area contributed by atoms with Gasteiger partial charge in [-0.2, -0.15) is 0 Å². The highest BCUT2D eigenvalue weighted by Crippen LogP contribution is 2.10. The van der Waals surface area contributed by atoms with E-state index in [0.29, 0.717) is 12.1 Å². The summed E-state index contributed by atoms with van der Waals surface area (Å²) in [5, 5.41) is 0. The maximum atomic E-state index is 11.8. The molecule has 0 fully saturated rings. The van der Waals surface area contributed by atoms with Crippen molar-refractivity contribution < 1.29 is 4.79 Å². The van der Waals surface area contributed by atoms with E-state index >= 15 is 0 Å². The molecule has 1 rings (SSSR count). The summed E-state index contributed by atoms with van der Waals surface area (Å²) in [4.78, 5) is 15.9. The van der Waals surface area contributed by atoms with E-state index in [9.17, 15) is 4.79 Å². The van der Waals surface area contributed by atoms with E-state index in [1.807, 2.05) is 19.1 Å². The van der Waals surface area contributed by atoms with E-state index < -0.39 is 0 Å². The second-order valence-electron chi connectivity index (χ2n) is 4.66. The molecule has 0 bridgehead atoms. The van der Waals surface area contributed by atoms with Crippen LogP contribution in [-0.4, -0.2) is 10.8 Å². The molecule has 17 heavy (non-hydrogen) atoms. The van der Waals surface area contributed by atoms with E-state index in [1.165, 1.54) is 25.7 Å². The highest BCUT2D eigenvalue weighted by molar-refractivity contribution is 5.94. The molecular formula is C15H23NO. The summed E-state index contributed by atoms with van der Waals surface area (Å²) in [5.74, 6) is 0.184.